The number of carbonyl (C=O) groups excluding carboxylic acids is 1. The van der Waals surface area contributed by atoms with E-state index >= 15 is 0 Å². The molecule has 1 saturated heterocycles. The van der Waals surface area contributed by atoms with Crippen molar-refractivity contribution in [2.75, 3.05) is 19.6 Å². The van der Waals surface area contributed by atoms with Gasteiger partial charge in [0.1, 0.15) is 6.26 Å². The predicted molar refractivity (Wildman–Crippen MR) is 72.9 cm³/mol. The average Bonchev–Trinajstić information content (AvgIpc) is 3.00. The second-order valence-corrected chi connectivity index (χ2v) is 5.69. The summed E-state index contributed by atoms with van der Waals surface area (Å²) in [6, 6.07) is 1.78. The summed E-state index contributed by atoms with van der Waals surface area (Å²) >= 11 is 0. The molecule has 0 aromatic carbocycles. The second kappa shape index (κ2) is 6.70. The zero-order valence-corrected chi connectivity index (χ0v) is 11.8. The van der Waals surface area contributed by atoms with Crippen molar-refractivity contribution in [1.29, 1.82) is 0 Å². The van der Waals surface area contributed by atoms with Crippen LogP contribution in [0.2, 0.25) is 0 Å². The Hall–Kier alpha value is -1.36. The minimum absolute atomic E-state index is 0.140. The first kappa shape index (κ1) is 14.1. The Morgan fingerprint density at radius 3 is 2.79 bits per heavy atom. The van der Waals surface area contributed by atoms with Crippen LogP contribution in [-0.4, -0.2) is 41.6 Å². The molecule has 5 heteroatoms. The number of hydrogen-bond donors (Lipinski definition) is 1. The smallest absolute Gasteiger partial charge is 0.273 e. The molecule has 1 aliphatic heterocycles. The topological polar surface area (TPSA) is 58.4 Å². The number of rotatable bonds is 6. The van der Waals surface area contributed by atoms with Crippen LogP contribution in [-0.2, 0) is 0 Å². The molecular weight excluding hydrogens is 242 g/mol. The van der Waals surface area contributed by atoms with E-state index in [1.165, 1.54) is 19.1 Å². The summed E-state index contributed by atoms with van der Waals surface area (Å²) < 4.78 is 4.71. The molecule has 0 unspecified atom stereocenters. The monoisotopic (exact) mass is 265 g/mol. The van der Waals surface area contributed by atoms with Gasteiger partial charge in [-0.15, -0.1) is 0 Å². The van der Waals surface area contributed by atoms with Gasteiger partial charge in [-0.25, -0.2) is 0 Å². The van der Waals surface area contributed by atoms with Crippen molar-refractivity contribution >= 4 is 5.91 Å². The van der Waals surface area contributed by atoms with Crippen LogP contribution in [0.15, 0.2) is 16.9 Å². The predicted octanol–water partition coefficient (Wildman–Crippen LogP) is 1.91. The third-order valence-corrected chi connectivity index (χ3v) is 3.44. The number of carbonyl (C=O) groups is 1. The van der Waals surface area contributed by atoms with Gasteiger partial charge in [-0.1, -0.05) is 19.0 Å². The molecule has 1 amide bonds. The molecule has 1 aromatic rings. The van der Waals surface area contributed by atoms with E-state index < -0.39 is 0 Å². The number of amides is 1. The molecule has 2 rings (SSSR count). The lowest BCUT2D eigenvalue weighted by Crippen LogP contribution is -2.43. The van der Waals surface area contributed by atoms with Gasteiger partial charge in [0.15, 0.2) is 5.69 Å². The highest BCUT2D eigenvalue weighted by Crippen LogP contribution is 2.12. The minimum atomic E-state index is -0.140. The normalized spacial score (nSPS) is 17.8. The molecule has 0 spiro atoms. The van der Waals surface area contributed by atoms with Crippen LogP contribution in [0.5, 0.6) is 0 Å². The van der Waals surface area contributed by atoms with Gasteiger partial charge in [0.05, 0.1) is 0 Å². The van der Waals surface area contributed by atoms with Crippen molar-refractivity contribution < 1.29 is 9.32 Å². The molecule has 2 heterocycles. The highest BCUT2D eigenvalue weighted by atomic mass is 16.5. The molecule has 1 atom stereocenters. The quantitative estimate of drug-likeness (QED) is 0.853. The summed E-state index contributed by atoms with van der Waals surface area (Å²) in [7, 11) is 0. The van der Waals surface area contributed by atoms with Crippen molar-refractivity contribution in [3.63, 3.8) is 0 Å². The van der Waals surface area contributed by atoms with Gasteiger partial charge in [-0.05, 0) is 38.3 Å². The average molecular weight is 265 g/mol. The first-order valence-corrected chi connectivity index (χ1v) is 7.08. The fraction of sp³-hybridized carbons (Fsp3) is 0.714. The Bertz CT molecular complexity index is 383. The van der Waals surface area contributed by atoms with Crippen LogP contribution in [0.25, 0.3) is 0 Å². The molecule has 1 N–H and O–H groups in total. The van der Waals surface area contributed by atoms with Gasteiger partial charge >= 0.3 is 0 Å². The third kappa shape index (κ3) is 4.35. The number of likely N-dealkylation sites (tertiary alicyclic amines) is 1. The van der Waals surface area contributed by atoms with E-state index in [1.54, 1.807) is 6.07 Å². The van der Waals surface area contributed by atoms with Gasteiger partial charge in [-0.3, -0.25) is 4.79 Å². The van der Waals surface area contributed by atoms with Crippen LogP contribution in [0.1, 0.15) is 43.6 Å². The largest absolute Gasteiger partial charge is 0.364 e. The van der Waals surface area contributed by atoms with Gasteiger partial charge < -0.3 is 14.7 Å². The van der Waals surface area contributed by atoms with E-state index in [2.05, 4.69) is 29.2 Å². The van der Waals surface area contributed by atoms with E-state index in [0.29, 0.717) is 11.6 Å². The zero-order chi connectivity index (χ0) is 13.7. The van der Waals surface area contributed by atoms with Gasteiger partial charge in [0.25, 0.3) is 5.91 Å². The maximum Gasteiger partial charge on any atom is 0.273 e. The standard InChI is InChI=1S/C14H23N3O2/c1-11(2)9-12(10-17-6-3-4-7-17)15-14(18)13-5-8-19-16-13/h5,8,11-12H,3-4,6-7,9-10H2,1-2H3,(H,15,18)/t12-/m0/s1. The van der Waals surface area contributed by atoms with Gasteiger partial charge in [-0.2, -0.15) is 0 Å². The SMILES string of the molecule is CC(C)C[C@@H](CN1CCCC1)NC(=O)c1ccon1. The third-order valence-electron chi connectivity index (χ3n) is 3.44. The number of aromatic nitrogens is 1. The van der Waals surface area contributed by atoms with Gasteiger partial charge in [0.2, 0.25) is 0 Å². The molecule has 0 saturated carbocycles. The molecule has 19 heavy (non-hydrogen) atoms. The summed E-state index contributed by atoms with van der Waals surface area (Å²) in [5, 5.41) is 6.75. The van der Waals surface area contributed by atoms with E-state index in [-0.39, 0.29) is 11.9 Å². The van der Waals surface area contributed by atoms with E-state index in [0.717, 1.165) is 26.1 Å². The van der Waals surface area contributed by atoms with E-state index in [4.69, 9.17) is 4.52 Å². The Morgan fingerprint density at radius 2 is 2.21 bits per heavy atom. The van der Waals surface area contributed by atoms with Crippen molar-refractivity contribution in [2.45, 2.75) is 39.2 Å². The first-order chi connectivity index (χ1) is 9.15. The van der Waals surface area contributed by atoms with Crippen LogP contribution in [0.4, 0.5) is 0 Å². The molecule has 1 aromatic heterocycles. The molecule has 5 nitrogen and oxygen atoms in total. The van der Waals surface area contributed by atoms with E-state index in [1.807, 2.05) is 0 Å². The summed E-state index contributed by atoms with van der Waals surface area (Å²) in [4.78, 5) is 14.4. The Morgan fingerprint density at radius 1 is 1.47 bits per heavy atom. The lowest BCUT2D eigenvalue weighted by molar-refractivity contribution is 0.0912. The highest BCUT2D eigenvalue weighted by Gasteiger charge is 2.21. The van der Waals surface area contributed by atoms with Crippen LogP contribution < -0.4 is 5.32 Å². The molecule has 1 aliphatic rings. The van der Waals surface area contributed by atoms with Crippen molar-refractivity contribution in [3.05, 3.63) is 18.0 Å². The molecule has 0 radical (unpaired) electrons. The second-order valence-electron chi connectivity index (χ2n) is 5.69. The minimum Gasteiger partial charge on any atom is -0.364 e. The van der Waals surface area contributed by atoms with Gasteiger partial charge in [0, 0.05) is 18.7 Å². The zero-order valence-electron chi connectivity index (χ0n) is 11.8. The Balaban J connectivity index is 1.90. The Kier molecular flexibility index (Phi) is 4.96. The summed E-state index contributed by atoms with van der Waals surface area (Å²) in [6.07, 6.45) is 4.95. The summed E-state index contributed by atoms with van der Waals surface area (Å²) in [6.45, 7) is 7.59. The molecular formula is C14H23N3O2. The number of nitrogens with zero attached hydrogens (tertiary/aromatic N) is 2. The van der Waals surface area contributed by atoms with Crippen LogP contribution in [0.3, 0.4) is 0 Å². The van der Waals surface area contributed by atoms with Crippen molar-refractivity contribution in [3.8, 4) is 0 Å². The first-order valence-electron chi connectivity index (χ1n) is 7.08. The maximum absolute atomic E-state index is 12.0. The lowest BCUT2D eigenvalue weighted by atomic mass is 10.0. The highest BCUT2D eigenvalue weighted by molar-refractivity contribution is 5.92. The lowest BCUT2D eigenvalue weighted by Gasteiger charge is -2.25. The molecule has 1 fully saturated rings. The number of hydrogen-bond acceptors (Lipinski definition) is 4. The van der Waals surface area contributed by atoms with Crippen molar-refractivity contribution in [1.82, 2.24) is 15.4 Å². The molecule has 106 valence electrons. The van der Waals surface area contributed by atoms with E-state index in [9.17, 15) is 4.79 Å². The Labute approximate surface area is 114 Å². The van der Waals surface area contributed by atoms with Crippen LogP contribution in [0, 0.1) is 5.92 Å². The van der Waals surface area contributed by atoms with Crippen LogP contribution >= 0.6 is 0 Å². The fourth-order valence-electron chi connectivity index (χ4n) is 2.61. The summed E-state index contributed by atoms with van der Waals surface area (Å²) in [5.74, 6) is 0.420. The fourth-order valence-corrected chi connectivity index (χ4v) is 2.61. The maximum atomic E-state index is 12.0. The van der Waals surface area contributed by atoms with Crippen molar-refractivity contribution in [2.24, 2.45) is 5.92 Å². The molecule has 0 aliphatic carbocycles. The summed E-state index contributed by atoms with van der Waals surface area (Å²) in [5.41, 5.74) is 0.357. The molecule has 0 bridgehead atoms. The number of nitrogens with one attached hydrogen (secondary N) is 1.